The first-order valence-electron chi connectivity index (χ1n) is 9.31. The Hall–Kier alpha value is -1.70. The zero-order valence-electron chi connectivity index (χ0n) is 15.4. The summed E-state index contributed by atoms with van der Waals surface area (Å²) in [4.78, 5) is 16.7. The summed E-state index contributed by atoms with van der Waals surface area (Å²) in [5.41, 5.74) is 1.77. The molecule has 1 unspecified atom stereocenters. The second-order valence-corrected chi connectivity index (χ2v) is 6.93. The molecule has 0 radical (unpaired) electrons. The molecule has 2 saturated heterocycles. The third-order valence-corrected chi connectivity index (χ3v) is 4.94. The summed E-state index contributed by atoms with van der Waals surface area (Å²) in [7, 11) is 0. The number of nitrogens with one attached hydrogen (secondary N) is 1. The summed E-state index contributed by atoms with van der Waals surface area (Å²) in [5, 5.41) is 2.92. The number of amides is 2. The first-order valence-corrected chi connectivity index (χ1v) is 9.31. The summed E-state index contributed by atoms with van der Waals surface area (Å²) >= 11 is 0. The fourth-order valence-corrected chi connectivity index (χ4v) is 3.37. The van der Waals surface area contributed by atoms with Crippen LogP contribution in [0.5, 0.6) is 0 Å². The molecule has 2 aliphatic rings. The van der Waals surface area contributed by atoms with Gasteiger partial charge in [0.1, 0.15) is 5.82 Å². The molecule has 0 aromatic heterocycles. The van der Waals surface area contributed by atoms with E-state index in [9.17, 15) is 9.18 Å². The Morgan fingerprint density at radius 1 is 1.27 bits per heavy atom. The molecule has 1 atom stereocenters. The molecule has 2 heterocycles. The molecule has 1 aromatic carbocycles. The topological polar surface area (TPSA) is 54.0 Å². The number of aryl methyl sites for hydroxylation is 1. The Labute approximate surface area is 154 Å². The maximum Gasteiger partial charge on any atom is 0.317 e. The van der Waals surface area contributed by atoms with E-state index in [1.165, 1.54) is 12.1 Å². The number of halogens is 1. The smallest absolute Gasteiger partial charge is 0.317 e. The zero-order valence-corrected chi connectivity index (χ0v) is 15.4. The van der Waals surface area contributed by atoms with Crippen LogP contribution in [-0.2, 0) is 16.0 Å². The molecule has 2 aliphatic heterocycles. The molecule has 1 N–H and O–H groups in total. The first kappa shape index (κ1) is 19.1. The maximum absolute atomic E-state index is 13.4. The lowest BCUT2D eigenvalue weighted by Gasteiger charge is -2.31. The molecule has 6 nitrogen and oxygen atoms in total. The molecule has 1 aromatic rings. The largest absolute Gasteiger partial charge is 0.379 e. The number of benzene rings is 1. The average molecular weight is 365 g/mol. The van der Waals surface area contributed by atoms with Crippen LogP contribution in [0.3, 0.4) is 0 Å². The van der Waals surface area contributed by atoms with Gasteiger partial charge in [0.25, 0.3) is 0 Å². The van der Waals surface area contributed by atoms with Crippen LogP contribution in [0.4, 0.5) is 9.18 Å². The lowest BCUT2D eigenvalue weighted by Crippen LogP contribution is -2.47. The van der Waals surface area contributed by atoms with Gasteiger partial charge in [-0.25, -0.2) is 9.18 Å². The number of hydrogen-bond donors (Lipinski definition) is 1. The van der Waals surface area contributed by atoms with Crippen molar-refractivity contribution in [2.75, 3.05) is 52.5 Å². The molecule has 0 bridgehead atoms. The predicted octanol–water partition coefficient (Wildman–Crippen LogP) is 1.77. The van der Waals surface area contributed by atoms with E-state index < -0.39 is 0 Å². The molecule has 2 amide bonds. The lowest BCUT2D eigenvalue weighted by atomic mass is 10.1. The third kappa shape index (κ3) is 5.40. The molecule has 0 aliphatic carbocycles. The van der Waals surface area contributed by atoms with Crippen LogP contribution in [0.1, 0.15) is 17.5 Å². The molecule has 2 fully saturated rings. The van der Waals surface area contributed by atoms with Gasteiger partial charge in [0.2, 0.25) is 0 Å². The van der Waals surface area contributed by atoms with E-state index >= 15 is 0 Å². The van der Waals surface area contributed by atoms with E-state index in [2.05, 4.69) is 10.2 Å². The molecule has 0 spiro atoms. The van der Waals surface area contributed by atoms with Crippen molar-refractivity contribution >= 4 is 6.03 Å². The van der Waals surface area contributed by atoms with E-state index in [4.69, 9.17) is 9.47 Å². The van der Waals surface area contributed by atoms with Gasteiger partial charge in [-0.1, -0.05) is 6.07 Å². The highest BCUT2D eigenvalue weighted by molar-refractivity contribution is 5.74. The SMILES string of the molecule is Cc1ccc(F)cc1CNC(=O)N1CCCOC(CN2CCOCC2)C1. The van der Waals surface area contributed by atoms with Gasteiger partial charge in [0, 0.05) is 45.9 Å². The maximum atomic E-state index is 13.4. The Morgan fingerprint density at radius 3 is 2.88 bits per heavy atom. The molecule has 7 heteroatoms. The number of morpholine rings is 1. The van der Waals surface area contributed by atoms with Gasteiger partial charge in [-0.3, -0.25) is 4.90 Å². The normalized spacial score (nSPS) is 22.1. The number of carbonyl (C=O) groups is 1. The minimum atomic E-state index is -0.284. The third-order valence-electron chi connectivity index (χ3n) is 4.94. The molecule has 144 valence electrons. The summed E-state index contributed by atoms with van der Waals surface area (Å²) in [5.74, 6) is -0.284. The highest BCUT2D eigenvalue weighted by Gasteiger charge is 2.25. The first-order chi connectivity index (χ1) is 12.6. The van der Waals surface area contributed by atoms with Crippen molar-refractivity contribution in [3.63, 3.8) is 0 Å². The summed E-state index contributed by atoms with van der Waals surface area (Å²) in [6.07, 6.45) is 0.837. The zero-order chi connectivity index (χ0) is 18.4. The fraction of sp³-hybridized carbons (Fsp3) is 0.632. The van der Waals surface area contributed by atoms with Crippen LogP contribution in [-0.4, -0.2) is 74.5 Å². The van der Waals surface area contributed by atoms with Crippen molar-refractivity contribution < 1.29 is 18.7 Å². The predicted molar refractivity (Wildman–Crippen MR) is 96.6 cm³/mol. The Balaban J connectivity index is 1.52. The Morgan fingerprint density at radius 2 is 2.08 bits per heavy atom. The fourth-order valence-electron chi connectivity index (χ4n) is 3.37. The second kappa shape index (κ2) is 9.30. The van der Waals surface area contributed by atoms with Crippen molar-refractivity contribution in [1.82, 2.24) is 15.1 Å². The van der Waals surface area contributed by atoms with Crippen molar-refractivity contribution in [3.05, 3.63) is 35.1 Å². The summed E-state index contributed by atoms with van der Waals surface area (Å²) in [6, 6.07) is 4.52. The molecule has 3 rings (SSSR count). The summed E-state index contributed by atoms with van der Waals surface area (Å²) < 4.78 is 24.7. The minimum Gasteiger partial charge on any atom is -0.379 e. The Bertz CT molecular complexity index is 608. The van der Waals surface area contributed by atoms with E-state index in [0.717, 1.165) is 50.4 Å². The van der Waals surface area contributed by atoms with Crippen molar-refractivity contribution in [2.45, 2.75) is 26.0 Å². The van der Waals surface area contributed by atoms with Gasteiger partial charge in [-0.2, -0.15) is 0 Å². The van der Waals surface area contributed by atoms with E-state index in [1.807, 2.05) is 11.8 Å². The molecule has 0 saturated carbocycles. The average Bonchev–Trinajstić information content (AvgIpc) is 2.89. The second-order valence-electron chi connectivity index (χ2n) is 6.93. The van der Waals surface area contributed by atoms with Crippen molar-refractivity contribution in [3.8, 4) is 0 Å². The number of hydrogen-bond acceptors (Lipinski definition) is 4. The number of carbonyl (C=O) groups excluding carboxylic acids is 1. The van der Waals surface area contributed by atoms with Crippen LogP contribution in [0.2, 0.25) is 0 Å². The minimum absolute atomic E-state index is 0.0113. The molecule has 26 heavy (non-hydrogen) atoms. The van der Waals surface area contributed by atoms with Crippen LogP contribution < -0.4 is 5.32 Å². The van der Waals surface area contributed by atoms with Crippen LogP contribution in [0.15, 0.2) is 18.2 Å². The van der Waals surface area contributed by atoms with Gasteiger partial charge in [0.15, 0.2) is 0 Å². The highest BCUT2D eigenvalue weighted by Crippen LogP contribution is 2.12. The van der Waals surface area contributed by atoms with Gasteiger partial charge in [0.05, 0.1) is 19.3 Å². The molecular weight excluding hydrogens is 337 g/mol. The van der Waals surface area contributed by atoms with E-state index in [1.54, 1.807) is 6.07 Å². The standard InChI is InChI=1S/C19H28FN3O3/c1-15-3-4-17(20)11-16(15)12-21-19(24)23-5-2-8-26-18(14-23)13-22-6-9-25-10-7-22/h3-4,11,18H,2,5-10,12-14H2,1H3,(H,21,24). The number of urea groups is 1. The van der Waals surface area contributed by atoms with Gasteiger partial charge < -0.3 is 19.7 Å². The lowest BCUT2D eigenvalue weighted by molar-refractivity contribution is -0.0101. The Kier molecular flexibility index (Phi) is 6.82. The van der Waals surface area contributed by atoms with Crippen molar-refractivity contribution in [1.29, 1.82) is 0 Å². The quantitative estimate of drug-likeness (QED) is 0.884. The number of rotatable bonds is 4. The van der Waals surface area contributed by atoms with E-state index in [0.29, 0.717) is 26.2 Å². The van der Waals surface area contributed by atoms with Crippen LogP contribution in [0.25, 0.3) is 0 Å². The van der Waals surface area contributed by atoms with Gasteiger partial charge >= 0.3 is 6.03 Å². The monoisotopic (exact) mass is 365 g/mol. The highest BCUT2D eigenvalue weighted by atomic mass is 19.1. The van der Waals surface area contributed by atoms with Gasteiger partial charge in [-0.15, -0.1) is 0 Å². The van der Waals surface area contributed by atoms with Crippen molar-refractivity contribution in [2.24, 2.45) is 0 Å². The number of ether oxygens (including phenoxy) is 2. The summed E-state index contributed by atoms with van der Waals surface area (Å²) in [6.45, 7) is 8.30. The van der Waals surface area contributed by atoms with Gasteiger partial charge in [-0.05, 0) is 36.6 Å². The van der Waals surface area contributed by atoms with Crippen LogP contribution in [0, 0.1) is 12.7 Å². The molecular formula is C19H28FN3O3. The van der Waals surface area contributed by atoms with Crippen LogP contribution >= 0.6 is 0 Å². The van der Waals surface area contributed by atoms with E-state index in [-0.39, 0.29) is 18.0 Å². The number of nitrogens with zero attached hydrogens (tertiary/aromatic N) is 2.